The minimum absolute atomic E-state index is 0.206. The number of halogens is 4. The molecule has 0 saturated heterocycles. The number of nitrogens with one attached hydrogen (secondary N) is 1. The number of carbonyl (C=O) groups is 1. The number of benzene rings is 2. The average molecular weight is 310 g/mol. The monoisotopic (exact) mass is 309 g/mol. The summed E-state index contributed by atoms with van der Waals surface area (Å²) in [4.78, 5) is 15.2. The third kappa shape index (κ3) is 2.19. The maximum absolute atomic E-state index is 13.2. The van der Waals surface area contributed by atoms with Crippen molar-refractivity contribution in [2.45, 2.75) is 0 Å². The molecule has 0 radical (unpaired) electrons. The number of hydrogen-bond donors (Lipinski definition) is 1. The maximum atomic E-state index is 13.2. The Labute approximate surface area is 122 Å². The van der Waals surface area contributed by atoms with E-state index in [2.05, 4.69) is 4.98 Å². The Morgan fingerprint density at radius 2 is 1.76 bits per heavy atom. The lowest BCUT2D eigenvalue weighted by Crippen LogP contribution is -2.04. The van der Waals surface area contributed by atoms with Crippen LogP contribution in [0.3, 0.4) is 0 Å². The van der Waals surface area contributed by atoms with Gasteiger partial charge >= 0.3 is 0 Å². The van der Waals surface area contributed by atoms with E-state index in [4.69, 9.17) is 11.6 Å². The molecule has 0 unspecified atom stereocenters. The molecule has 0 saturated carbocycles. The minimum Gasteiger partial charge on any atom is -0.359 e. The van der Waals surface area contributed by atoms with Crippen LogP contribution in [0.2, 0.25) is 5.02 Å². The van der Waals surface area contributed by atoms with Crippen molar-refractivity contribution in [3.05, 3.63) is 70.1 Å². The van der Waals surface area contributed by atoms with E-state index in [0.717, 1.165) is 0 Å². The summed E-state index contributed by atoms with van der Waals surface area (Å²) in [7, 11) is 0. The second kappa shape index (κ2) is 4.93. The van der Waals surface area contributed by atoms with Crippen molar-refractivity contribution in [2.24, 2.45) is 0 Å². The molecule has 1 aromatic heterocycles. The standard InChI is InChI=1S/C15H7ClF3NO/c16-10-3-1-2-8-9(6-20-14(8)10)15(21)7-4-11(17)13(19)12(18)5-7/h1-6,20H. The van der Waals surface area contributed by atoms with Gasteiger partial charge < -0.3 is 4.98 Å². The number of para-hydroxylation sites is 1. The fourth-order valence-corrected chi connectivity index (χ4v) is 2.38. The molecule has 106 valence electrons. The molecule has 0 aliphatic heterocycles. The number of hydrogen-bond acceptors (Lipinski definition) is 1. The first-order valence-corrected chi connectivity index (χ1v) is 6.31. The zero-order valence-electron chi connectivity index (χ0n) is 10.4. The lowest BCUT2D eigenvalue weighted by molar-refractivity contribution is 0.103. The van der Waals surface area contributed by atoms with Gasteiger partial charge in [0.1, 0.15) is 0 Å². The van der Waals surface area contributed by atoms with E-state index < -0.39 is 23.2 Å². The summed E-state index contributed by atoms with van der Waals surface area (Å²) in [6.07, 6.45) is 1.40. The normalized spacial score (nSPS) is 11.0. The highest BCUT2D eigenvalue weighted by molar-refractivity contribution is 6.35. The molecule has 0 atom stereocenters. The van der Waals surface area contributed by atoms with Crippen LogP contribution in [0.5, 0.6) is 0 Å². The number of H-pyrrole nitrogens is 1. The van der Waals surface area contributed by atoms with E-state index in [0.29, 0.717) is 28.1 Å². The van der Waals surface area contributed by atoms with Crippen LogP contribution in [0.1, 0.15) is 15.9 Å². The Bertz CT molecular complexity index is 849. The summed E-state index contributed by atoms with van der Waals surface area (Å²) in [6.45, 7) is 0. The Balaban J connectivity index is 2.15. The molecule has 0 bridgehead atoms. The van der Waals surface area contributed by atoms with Gasteiger partial charge in [-0.2, -0.15) is 0 Å². The number of rotatable bonds is 2. The van der Waals surface area contributed by atoms with Crippen LogP contribution < -0.4 is 0 Å². The Kier molecular flexibility index (Phi) is 3.22. The van der Waals surface area contributed by atoms with Gasteiger partial charge in [-0.15, -0.1) is 0 Å². The molecule has 21 heavy (non-hydrogen) atoms. The summed E-state index contributed by atoms with van der Waals surface area (Å²) in [5, 5.41) is 0.945. The van der Waals surface area contributed by atoms with E-state index >= 15 is 0 Å². The highest BCUT2D eigenvalue weighted by Crippen LogP contribution is 2.27. The van der Waals surface area contributed by atoms with Crippen molar-refractivity contribution in [1.82, 2.24) is 4.98 Å². The van der Waals surface area contributed by atoms with Crippen molar-refractivity contribution in [3.63, 3.8) is 0 Å². The molecular weight excluding hydrogens is 303 g/mol. The topological polar surface area (TPSA) is 32.9 Å². The van der Waals surface area contributed by atoms with Gasteiger partial charge in [0.25, 0.3) is 0 Å². The molecule has 0 spiro atoms. The third-order valence-electron chi connectivity index (χ3n) is 3.16. The highest BCUT2D eigenvalue weighted by atomic mass is 35.5. The summed E-state index contributed by atoms with van der Waals surface area (Å²) >= 11 is 5.98. The van der Waals surface area contributed by atoms with Gasteiger partial charge in [0, 0.05) is 22.7 Å². The summed E-state index contributed by atoms with van der Waals surface area (Å²) in [5.41, 5.74) is 0.482. The molecule has 1 heterocycles. The summed E-state index contributed by atoms with van der Waals surface area (Å²) in [5.74, 6) is -5.04. The second-order valence-electron chi connectivity index (χ2n) is 4.45. The van der Waals surface area contributed by atoms with Crippen molar-refractivity contribution >= 4 is 28.3 Å². The number of ketones is 1. The molecule has 0 aliphatic carbocycles. The predicted molar refractivity (Wildman–Crippen MR) is 73.1 cm³/mol. The van der Waals surface area contributed by atoms with Gasteiger partial charge in [0.15, 0.2) is 23.2 Å². The first-order chi connectivity index (χ1) is 9.99. The van der Waals surface area contributed by atoms with Crippen LogP contribution in [0, 0.1) is 17.5 Å². The Morgan fingerprint density at radius 3 is 2.43 bits per heavy atom. The van der Waals surface area contributed by atoms with E-state index in [1.807, 2.05) is 0 Å². The van der Waals surface area contributed by atoms with Crippen LogP contribution in [0.15, 0.2) is 36.5 Å². The fourth-order valence-electron chi connectivity index (χ4n) is 2.15. The number of carbonyl (C=O) groups excluding carboxylic acids is 1. The van der Waals surface area contributed by atoms with Gasteiger partial charge in [-0.05, 0) is 18.2 Å². The lowest BCUT2D eigenvalue weighted by atomic mass is 10.0. The SMILES string of the molecule is O=C(c1cc(F)c(F)c(F)c1)c1c[nH]c2c(Cl)cccc12. The number of aromatic nitrogens is 1. The van der Waals surface area contributed by atoms with Gasteiger partial charge in [-0.25, -0.2) is 13.2 Å². The number of aromatic amines is 1. The maximum Gasteiger partial charge on any atom is 0.195 e. The summed E-state index contributed by atoms with van der Waals surface area (Å²) < 4.78 is 39.4. The summed E-state index contributed by atoms with van der Waals surface area (Å²) in [6, 6.07) is 6.29. The smallest absolute Gasteiger partial charge is 0.195 e. The van der Waals surface area contributed by atoms with Crippen molar-refractivity contribution in [2.75, 3.05) is 0 Å². The first-order valence-electron chi connectivity index (χ1n) is 5.94. The molecule has 0 aliphatic rings. The fraction of sp³-hybridized carbons (Fsp3) is 0. The second-order valence-corrected chi connectivity index (χ2v) is 4.85. The zero-order valence-corrected chi connectivity index (χ0v) is 11.1. The first kappa shape index (κ1) is 13.7. The number of fused-ring (bicyclic) bond motifs is 1. The van der Waals surface area contributed by atoms with Crippen molar-refractivity contribution < 1.29 is 18.0 Å². The molecule has 1 N–H and O–H groups in total. The quantitative estimate of drug-likeness (QED) is 0.550. The van der Waals surface area contributed by atoms with Gasteiger partial charge in [0.05, 0.1) is 10.5 Å². The average Bonchev–Trinajstić information content (AvgIpc) is 2.89. The molecule has 6 heteroatoms. The zero-order chi connectivity index (χ0) is 15.1. The van der Waals surface area contributed by atoms with Crippen LogP contribution in [0.25, 0.3) is 10.9 Å². The third-order valence-corrected chi connectivity index (χ3v) is 3.47. The Morgan fingerprint density at radius 1 is 1.10 bits per heavy atom. The van der Waals surface area contributed by atoms with E-state index in [1.54, 1.807) is 18.2 Å². The molecule has 0 amide bonds. The Hall–Kier alpha value is -2.27. The van der Waals surface area contributed by atoms with Crippen molar-refractivity contribution in [1.29, 1.82) is 0 Å². The molecule has 3 aromatic rings. The molecule has 3 rings (SSSR count). The van der Waals surface area contributed by atoms with E-state index in [1.165, 1.54) is 6.20 Å². The molecular formula is C15H7ClF3NO. The molecule has 2 aromatic carbocycles. The van der Waals surface area contributed by atoms with E-state index in [-0.39, 0.29) is 11.1 Å². The van der Waals surface area contributed by atoms with E-state index in [9.17, 15) is 18.0 Å². The predicted octanol–water partition coefficient (Wildman–Crippen LogP) is 4.47. The molecule has 2 nitrogen and oxygen atoms in total. The minimum atomic E-state index is -1.60. The van der Waals surface area contributed by atoms with Crippen LogP contribution in [0.4, 0.5) is 13.2 Å². The van der Waals surface area contributed by atoms with Crippen LogP contribution >= 0.6 is 11.6 Å². The van der Waals surface area contributed by atoms with Crippen LogP contribution in [-0.2, 0) is 0 Å². The van der Waals surface area contributed by atoms with Crippen molar-refractivity contribution in [3.8, 4) is 0 Å². The molecule has 0 fully saturated rings. The van der Waals surface area contributed by atoms with Crippen LogP contribution in [-0.4, -0.2) is 10.8 Å². The van der Waals surface area contributed by atoms with Gasteiger partial charge in [-0.1, -0.05) is 23.7 Å². The lowest BCUT2D eigenvalue weighted by Gasteiger charge is -2.02. The largest absolute Gasteiger partial charge is 0.359 e. The highest BCUT2D eigenvalue weighted by Gasteiger charge is 2.19. The van der Waals surface area contributed by atoms with Gasteiger partial charge in [0.2, 0.25) is 0 Å². The van der Waals surface area contributed by atoms with Gasteiger partial charge in [-0.3, -0.25) is 4.79 Å².